The molecule has 1 heterocycles. The average molecular weight is 289 g/mol. The fraction of sp³-hybridized carbons (Fsp3) is 0.176. The van der Waals surface area contributed by atoms with Crippen molar-refractivity contribution in [3.8, 4) is 5.69 Å². The highest BCUT2D eigenvalue weighted by Crippen LogP contribution is 2.32. The normalized spacial score (nSPS) is 12.0. The lowest BCUT2D eigenvalue weighted by molar-refractivity contribution is -0.137. The van der Waals surface area contributed by atoms with Crippen molar-refractivity contribution in [2.24, 2.45) is 0 Å². The van der Waals surface area contributed by atoms with Crippen molar-refractivity contribution < 1.29 is 13.2 Å². The van der Waals surface area contributed by atoms with E-state index in [9.17, 15) is 13.2 Å². The molecule has 4 heteroatoms. The van der Waals surface area contributed by atoms with Crippen LogP contribution in [0, 0.1) is 0 Å². The first kappa shape index (κ1) is 13.7. The molecule has 3 rings (SSSR count). The third-order valence-corrected chi connectivity index (χ3v) is 3.63. The molecule has 1 aromatic heterocycles. The van der Waals surface area contributed by atoms with Crippen molar-refractivity contribution in [3.05, 3.63) is 65.9 Å². The van der Waals surface area contributed by atoms with Crippen LogP contribution in [-0.4, -0.2) is 4.57 Å². The van der Waals surface area contributed by atoms with E-state index in [1.807, 2.05) is 42.0 Å². The van der Waals surface area contributed by atoms with E-state index in [0.29, 0.717) is 5.69 Å². The summed E-state index contributed by atoms with van der Waals surface area (Å²) in [6.45, 7) is 2.04. The van der Waals surface area contributed by atoms with Gasteiger partial charge in [-0.3, -0.25) is 0 Å². The number of fused-ring (bicyclic) bond motifs is 1. The lowest BCUT2D eigenvalue weighted by Gasteiger charge is -2.10. The standard InChI is InChI=1S/C17H14F3N/c1-2-12-11-21(16-9-4-3-8-15(12)16)14-7-5-6-13(10-14)17(18,19)20/h3-11H,2H2,1H3. The van der Waals surface area contributed by atoms with Crippen molar-refractivity contribution in [2.75, 3.05) is 0 Å². The summed E-state index contributed by atoms with van der Waals surface area (Å²) in [5, 5.41) is 1.08. The summed E-state index contributed by atoms with van der Waals surface area (Å²) in [5.74, 6) is 0. The monoisotopic (exact) mass is 289 g/mol. The van der Waals surface area contributed by atoms with Gasteiger partial charge in [0.2, 0.25) is 0 Å². The van der Waals surface area contributed by atoms with Gasteiger partial charge in [0, 0.05) is 17.3 Å². The molecule has 108 valence electrons. The van der Waals surface area contributed by atoms with Crippen LogP contribution in [0.4, 0.5) is 13.2 Å². The van der Waals surface area contributed by atoms with Gasteiger partial charge < -0.3 is 4.57 Å². The van der Waals surface area contributed by atoms with Gasteiger partial charge in [0.25, 0.3) is 0 Å². The van der Waals surface area contributed by atoms with Crippen LogP contribution >= 0.6 is 0 Å². The van der Waals surface area contributed by atoms with Gasteiger partial charge in [-0.05, 0) is 36.2 Å². The van der Waals surface area contributed by atoms with Crippen LogP contribution in [0.25, 0.3) is 16.6 Å². The molecule has 0 bridgehead atoms. The highest BCUT2D eigenvalue weighted by atomic mass is 19.4. The number of hydrogen-bond donors (Lipinski definition) is 0. The molecule has 0 atom stereocenters. The first-order valence-corrected chi connectivity index (χ1v) is 6.77. The summed E-state index contributed by atoms with van der Waals surface area (Å²) >= 11 is 0. The Morgan fingerprint density at radius 3 is 2.48 bits per heavy atom. The second kappa shape index (κ2) is 4.95. The smallest absolute Gasteiger partial charge is 0.316 e. The van der Waals surface area contributed by atoms with E-state index < -0.39 is 11.7 Å². The second-order valence-electron chi connectivity index (χ2n) is 4.94. The Labute approximate surface area is 120 Å². The topological polar surface area (TPSA) is 4.93 Å². The number of hydrogen-bond acceptors (Lipinski definition) is 0. The van der Waals surface area contributed by atoms with Crippen molar-refractivity contribution in [1.82, 2.24) is 4.57 Å². The number of rotatable bonds is 2. The minimum absolute atomic E-state index is 0.528. The maximum atomic E-state index is 12.9. The van der Waals surface area contributed by atoms with Gasteiger partial charge >= 0.3 is 6.18 Å². The predicted octanol–water partition coefficient (Wildman–Crippen LogP) is 5.21. The lowest BCUT2D eigenvalue weighted by Crippen LogP contribution is -2.05. The molecular formula is C17H14F3N. The molecule has 0 amide bonds. The number of halogens is 3. The molecule has 1 nitrogen and oxygen atoms in total. The number of aromatic nitrogens is 1. The lowest BCUT2D eigenvalue weighted by atomic mass is 10.1. The molecule has 0 aliphatic heterocycles. The zero-order valence-corrected chi connectivity index (χ0v) is 11.5. The van der Waals surface area contributed by atoms with Gasteiger partial charge in [-0.1, -0.05) is 31.2 Å². The van der Waals surface area contributed by atoms with Crippen molar-refractivity contribution in [1.29, 1.82) is 0 Å². The molecular weight excluding hydrogens is 275 g/mol. The van der Waals surface area contributed by atoms with Gasteiger partial charge in [-0.2, -0.15) is 13.2 Å². The zero-order chi connectivity index (χ0) is 15.0. The summed E-state index contributed by atoms with van der Waals surface area (Å²) in [6.07, 6.45) is -1.57. The average Bonchev–Trinajstić information content (AvgIpc) is 2.85. The third kappa shape index (κ3) is 2.42. The van der Waals surface area contributed by atoms with Crippen molar-refractivity contribution in [3.63, 3.8) is 0 Å². The maximum Gasteiger partial charge on any atom is 0.416 e. The third-order valence-electron chi connectivity index (χ3n) is 3.63. The summed E-state index contributed by atoms with van der Waals surface area (Å²) in [5.41, 5.74) is 1.95. The molecule has 21 heavy (non-hydrogen) atoms. The van der Waals surface area contributed by atoms with Crippen LogP contribution in [0.1, 0.15) is 18.1 Å². The number of alkyl halides is 3. The summed E-state index contributed by atoms with van der Waals surface area (Å²) in [4.78, 5) is 0. The Morgan fingerprint density at radius 2 is 1.76 bits per heavy atom. The van der Waals surface area contributed by atoms with E-state index in [-0.39, 0.29) is 0 Å². The number of para-hydroxylation sites is 1. The molecule has 0 saturated carbocycles. The Balaban J connectivity index is 2.21. The van der Waals surface area contributed by atoms with E-state index in [0.717, 1.165) is 29.0 Å². The largest absolute Gasteiger partial charge is 0.416 e. The fourth-order valence-electron chi connectivity index (χ4n) is 2.58. The van der Waals surface area contributed by atoms with Crippen LogP contribution in [0.2, 0.25) is 0 Å². The molecule has 3 aromatic rings. The molecule has 0 saturated heterocycles. The molecule has 2 aromatic carbocycles. The highest BCUT2D eigenvalue weighted by Gasteiger charge is 2.30. The Morgan fingerprint density at radius 1 is 1.00 bits per heavy atom. The van der Waals surface area contributed by atoms with E-state index >= 15 is 0 Å². The minimum atomic E-state index is -4.33. The molecule has 0 aliphatic rings. The first-order valence-electron chi connectivity index (χ1n) is 6.77. The summed E-state index contributed by atoms with van der Waals surface area (Å²) in [7, 11) is 0. The SMILES string of the molecule is CCc1cn(-c2cccc(C(F)(F)F)c2)c2ccccc12. The van der Waals surface area contributed by atoms with Crippen LogP contribution < -0.4 is 0 Å². The summed E-state index contributed by atoms with van der Waals surface area (Å²) < 4.78 is 40.4. The highest BCUT2D eigenvalue weighted by molar-refractivity contribution is 5.85. The number of nitrogens with zero attached hydrogens (tertiary/aromatic N) is 1. The predicted molar refractivity (Wildman–Crippen MR) is 77.7 cm³/mol. The molecule has 0 aliphatic carbocycles. The number of benzene rings is 2. The quantitative estimate of drug-likeness (QED) is 0.610. The molecule has 0 radical (unpaired) electrons. The van der Waals surface area contributed by atoms with E-state index in [4.69, 9.17) is 0 Å². The van der Waals surface area contributed by atoms with Crippen LogP contribution in [0.15, 0.2) is 54.7 Å². The Hall–Kier alpha value is -2.23. The Kier molecular flexibility index (Phi) is 3.24. The maximum absolute atomic E-state index is 12.9. The van der Waals surface area contributed by atoms with Crippen LogP contribution in [0.3, 0.4) is 0 Å². The minimum Gasteiger partial charge on any atom is -0.316 e. The summed E-state index contributed by atoms with van der Waals surface area (Å²) in [6, 6.07) is 13.2. The second-order valence-corrected chi connectivity index (χ2v) is 4.94. The zero-order valence-electron chi connectivity index (χ0n) is 11.5. The van der Waals surface area contributed by atoms with Crippen LogP contribution in [-0.2, 0) is 12.6 Å². The fourth-order valence-corrected chi connectivity index (χ4v) is 2.58. The first-order chi connectivity index (χ1) is 10.0. The molecule has 0 fully saturated rings. The van der Waals surface area contributed by atoms with Gasteiger partial charge in [0.05, 0.1) is 11.1 Å². The van der Waals surface area contributed by atoms with Crippen molar-refractivity contribution >= 4 is 10.9 Å². The van der Waals surface area contributed by atoms with E-state index in [2.05, 4.69) is 0 Å². The molecule has 0 spiro atoms. The van der Waals surface area contributed by atoms with E-state index in [1.54, 1.807) is 6.07 Å². The molecule has 0 unspecified atom stereocenters. The van der Waals surface area contributed by atoms with Gasteiger partial charge in [0.15, 0.2) is 0 Å². The number of aryl methyl sites for hydroxylation is 1. The van der Waals surface area contributed by atoms with Crippen molar-refractivity contribution in [2.45, 2.75) is 19.5 Å². The van der Waals surface area contributed by atoms with Crippen LogP contribution in [0.5, 0.6) is 0 Å². The van der Waals surface area contributed by atoms with Gasteiger partial charge in [-0.15, -0.1) is 0 Å². The van der Waals surface area contributed by atoms with Gasteiger partial charge in [-0.25, -0.2) is 0 Å². The molecule has 0 N–H and O–H groups in total. The Bertz CT molecular complexity index is 784. The van der Waals surface area contributed by atoms with E-state index in [1.165, 1.54) is 12.1 Å². The van der Waals surface area contributed by atoms with Gasteiger partial charge in [0.1, 0.15) is 0 Å².